The molecule has 0 atom stereocenters. The molecular weight excluding hydrogens is 401 g/mol. The van der Waals surface area contributed by atoms with Crippen molar-refractivity contribution < 1.29 is 4.79 Å². The van der Waals surface area contributed by atoms with Crippen molar-refractivity contribution in [1.82, 2.24) is 34.9 Å². The van der Waals surface area contributed by atoms with Gasteiger partial charge in [0.1, 0.15) is 17.7 Å². The Balaban J connectivity index is 0.00000140. The summed E-state index contributed by atoms with van der Waals surface area (Å²) in [6.45, 7) is 2.04. The summed E-state index contributed by atoms with van der Waals surface area (Å²) in [6.07, 6.45) is 12.0. The highest BCUT2D eigenvalue weighted by Crippen LogP contribution is 2.27. The normalized spacial score (nSPS) is 15.1. The Labute approximate surface area is 175 Å². The lowest BCUT2D eigenvalue weighted by atomic mass is 9.87. The molecule has 28 heavy (non-hydrogen) atoms. The van der Waals surface area contributed by atoms with Gasteiger partial charge in [0.05, 0.1) is 0 Å². The van der Waals surface area contributed by atoms with Gasteiger partial charge in [-0.2, -0.15) is 5.10 Å². The fourth-order valence-corrected chi connectivity index (χ4v) is 3.38. The van der Waals surface area contributed by atoms with Gasteiger partial charge in [-0.3, -0.25) is 14.0 Å². The van der Waals surface area contributed by atoms with Crippen molar-refractivity contribution in [2.75, 3.05) is 13.1 Å². The monoisotopic (exact) mass is 423 g/mol. The zero-order valence-electron chi connectivity index (χ0n) is 15.2. The second-order valence-electron chi connectivity index (χ2n) is 6.41. The summed E-state index contributed by atoms with van der Waals surface area (Å²) in [6, 6.07) is 5.71. The van der Waals surface area contributed by atoms with E-state index < -0.39 is 5.54 Å². The van der Waals surface area contributed by atoms with Crippen LogP contribution in [0.15, 0.2) is 55.5 Å². The smallest absolute Gasteiger partial charge is 0.248 e. The SMILES string of the molecule is Cl.Cl.O=C(NCc1ccnc(-n2ccnc2)c1)C1(n2cccn2)CCNCC1. The summed E-state index contributed by atoms with van der Waals surface area (Å²) in [5.41, 5.74) is 0.358. The highest BCUT2D eigenvalue weighted by Gasteiger charge is 2.41. The van der Waals surface area contributed by atoms with E-state index in [2.05, 4.69) is 25.7 Å². The maximum Gasteiger partial charge on any atom is 0.248 e. The molecule has 8 nitrogen and oxygen atoms in total. The van der Waals surface area contributed by atoms with Gasteiger partial charge in [-0.25, -0.2) is 9.97 Å². The van der Waals surface area contributed by atoms with E-state index >= 15 is 0 Å². The van der Waals surface area contributed by atoms with Crippen molar-refractivity contribution in [3.63, 3.8) is 0 Å². The van der Waals surface area contributed by atoms with Crippen molar-refractivity contribution in [3.05, 3.63) is 61.1 Å². The number of pyridine rings is 1. The number of nitrogens with zero attached hydrogens (tertiary/aromatic N) is 5. The summed E-state index contributed by atoms with van der Waals surface area (Å²) in [5.74, 6) is 0.779. The average Bonchev–Trinajstić information content (AvgIpc) is 3.41. The molecule has 1 fully saturated rings. The van der Waals surface area contributed by atoms with Gasteiger partial charge in [0.2, 0.25) is 5.91 Å². The molecule has 0 aliphatic carbocycles. The fraction of sp³-hybridized carbons (Fsp3) is 0.333. The summed E-state index contributed by atoms with van der Waals surface area (Å²) in [5, 5.41) is 10.7. The van der Waals surface area contributed by atoms with Crippen LogP contribution in [0.1, 0.15) is 18.4 Å². The van der Waals surface area contributed by atoms with Gasteiger partial charge in [-0.1, -0.05) is 0 Å². The Hall–Kier alpha value is -2.42. The van der Waals surface area contributed by atoms with E-state index in [4.69, 9.17) is 0 Å². The van der Waals surface area contributed by atoms with Crippen molar-refractivity contribution in [1.29, 1.82) is 0 Å². The maximum absolute atomic E-state index is 13.1. The first-order valence-electron chi connectivity index (χ1n) is 8.70. The van der Waals surface area contributed by atoms with Gasteiger partial charge in [0.15, 0.2) is 0 Å². The first kappa shape index (κ1) is 21.9. The standard InChI is InChI=1S/C18H21N7O.2ClH/c26-17(18(3-7-19-8-4-18)25-10-1-5-23-25)22-13-15-2-6-21-16(12-15)24-11-9-20-14-24;;/h1-2,5-6,9-12,14,19H,3-4,7-8,13H2,(H,22,26);2*1H. The molecule has 10 heteroatoms. The number of imidazole rings is 1. The second kappa shape index (κ2) is 9.68. The topological polar surface area (TPSA) is 89.7 Å². The van der Waals surface area contributed by atoms with Crippen LogP contribution >= 0.6 is 24.8 Å². The Morgan fingerprint density at radius 2 is 2.00 bits per heavy atom. The summed E-state index contributed by atoms with van der Waals surface area (Å²) < 4.78 is 3.63. The van der Waals surface area contributed by atoms with Gasteiger partial charge in [-0.05, 0) is 49.7 Å². The number of hydrogen-bond donors (Lipinski definition) is 2. The molecule has 4 rings (SSSR count). The Morgan fingerprint density at radius 1 is 1.18 bits per heavy atom. The molecule has 3 aromatic heterocycles. The predicted octanol–water partition coefficient (Wildman–Crippen LogP) is 1.70. The minimum Gasteiger partial charge on any atom is -0.350 e. The number of rotatable bonds is 5. The number of amides is 1. The average molecular weight is 424 g/mol. The van der Waals surface area contributed by atoms with E-state index in [9.17, 15) is 4.79 Å². The molecule has 2 N–H and O–H groups in total. The van der Waals surface area contributed by atoms with Crippen molar-refractivity contribution in [2.24, 2.45) is 0 Å². The van der Waals surface area contributed by atoms with Gasteiger partial charge in [0, 0.05) is 37.5 Å². The predicted molar refractivity (Wildman–Crippen MR) is 110 cm³/mol. The molecular formula is C18H23Cl2N7O. The van der Waals surface area contributed by atoms with Crippen LogP contribution in [0, 0.1) is 0 Å². The quantitative estimate of drug-likeness (QED) is 0.651. The first-order chi connectivity index (χ1) is 12.8. The molecule has 3 aromatic rings. The Kier molecular flexibility index (Phi) is 7.56. The third-order valence-corrected chi connectivity index (χ3v) is 4.83. The third-order valence-electron chi connectivity index (χ3n) is 4.83. The van der Waals surface area contributed by atoms with Gasteiger partial charge in [0.25, 0.3) is 0 Å². The van der Waals surface area contributed by atoms with Crippen LogP contribution in [0.25, 0.3) is 5.82 Å². The highest BCUT2D eigenvalue weighted by atomic mass is 35.5. The van der Waals surface area contributed by atoms with Crippen LogP contribution in [-0.2, 0) is 16.9 Å². The van der Waals surface area contributed by atoms with Crippen LogP contribution in [0.5, 0.6) is 0 Å². The number of carbonyl (C=O) groups excluding carboxylic acids is 1. The number of carbonyl (C=O) groups is 1. The second-order valence-corrected chi connectivity index (χ2v) is 6.41. The van der Waals surface area contributed by atoms with Crippen molar-refractivity contribution >= 4 is 30.7 Å². The van der Waals surface area contributed by atoms with E-state index in [0.717, 1.165) is 37.3 Å². The van der Waals surface area contributed by atoms with Crippen LogP contribution < -0.4 is 10.6 Å². The zero-order valence-corrected chi connectivity index (χ0v) is 16.8. The van der Waals surface area contributed by atoms with Crippen LogP contribution in [0.2, 0.25) is 0 Å². The van der Waals surface area contributed by atoms with E-state index in [1.54, 1.807) is 29.6 Å². The van der Waals surface area contributed by atoms with E-state index in [1.807, 2.05) is 35.2 Å². The highest BCUT2D eigenvalue weighted by molar-refractivity contribution is 5.85. The molecule has 1 aliphatic heterocycles. The third kappa shape index (κ3) is 4.35. The molecule has 1 amide bonds. The van der Waals surface area contributed by atoms with Crippen LogP contribution in [0.4, 0.5) is 0 Å². The molecule has 4 heterocycles. The number of nitrogens with one attached hydrogen (secondary N) is 2. The lowest BCUT2D eigenvalue weighted by Gasteiger charge is -2.36. The Morgan fingerprint density at radius 3 is 2.68 bits per heavy atom. The van der Waals surface area contributed by atoms with Gasteiger partial charge < -0.3 is 10.6 Å². The Bertz CT molecular complexity index is 862. The number of hydrogen-bond acceptors (Lipinski definition) is 5. The lowest BCUT2D eigenvalue weighted by molar-refractivity contribution is -0.132. The minimum atomic E-state index is -0.630. The molecule has 0 aromatic carbocycles. The van der Waals surface area contributed by atoms with E-state index in [-0.39, 0.29) is 30.7 Å². The lowest BCUT2D eigenvalue weighted by Crippen LogP contribution is -2.54. The van der Waals surface area contributed by atoms with Crippen molar-refractivity contribution in [2.45, 2.75) is 24.9 Å². The molecule has 1 aliphatic rings. The molecule has 1 saturated heterocycles. The zero-order chi connectivity index (χ0) is 17.8. The van der Waals surface area contributed by atoms with Crippen LogP contribution in [-0.4, -0.2) is 43.3 Å². The number of halogens is 2. The fourth-order valence-electron chi connectivity index (χ4n) is 3.38. The maximum atomic E-state index is 13.1. The summed E-state index contributed by atoms with van der Waals surface area (Å²) in [7, 11) is 0. The molecule has 0 spiro atoms. The largest absolute Gasteiger partial charge is 0.350 e. The van der Waals surface area contributed by atoms with Crippen LogP contribution in [0.3, 0.4) is 0 Å². The van der Waals surface area contributed by atoms with E-state index in [0.29, 0.717) is 6.54 Å². The van der Waals surface area contributed by atoms with Gasteiger partial charge in [-0.15, -0.1) is 24.8 Å². The molecule has 0 radical (unpaired) electrons. The summed E-state index contributed by atoms with van der Waals surface area (Å²) in [4.78, 5) is 21.5. The van der Waals surface area contributed by atoms with E-state index in [1.165, 1.54) is 0 Å². The number of piperidine rings is 1. The molecule has 150 valence electrons. The summed E-state index contributed by atoms with van der Waals surface area (Å²) >= 11 is 0. The van der Waals surface area contributed by atoms with Crippen molar-refractivity contribution in [3.8, 4) is 5.82 Å². The number of aromatic nitrogens is 5. The first-order valence-corrected chi connectivity index (χ1v) is 8.70. The molecule has 0 saturated carbocycles. The molecule has 0 unspecified atom stereocenters. The van der Waals surface area contributed by atoms with Gasteiger partial charge >= 0.3 is 0 Å². The molecule has 0 bridgehead atoms. The minimum absolute atomic E-state index is 0.